The van der Waals surface area contributed by atoms with Gasteiger partial charge in [0.15, 0.2) is 0 Å². The number of hydrogen-bond donors (Lipinski definition) is 1. The van der Waals surface area contributed by atoms with Crippen LogP contribution >= 0.6 is 23.2 Å². The monoisotopic (exact) mass is 408 g/mol. The van der Waals surface area contributed by atoms with Gasteiger partial charge >= 0.3 is 0 Å². The Hall–Kier alpha value is -2.62. The number of aromatic hydroxyl groups is 1. The van der Waals surface area contributed by atoms with Gasteiger partial charge in [0.1, 0.15) is 11.3 Å². The molecule has 0 aliphatic rings. The van der Waals surface area contributed by atoms with E-state index in [2.05, 4.69) is 9.97 Å². The smallest absolute Gasteiger partial charge is 0.145 e. The summed E-state index contributed by atoms with van der Waals surface area (Å²) in [5.41, 5.74) is 4.22. The molecular formula is C23H18Cl2N2O. The molecule has 2 heterocycles. The summed E-state index contributed by atoms with van der Waals surface area (Å²) in [6.45, 7) is 2.03. The van der Waals surface area contributed by atoms with Gasteiger partial charge in [-0.25, -0.2) is 0 Å². The molecule has 0 saturated heterocycles. The molecule has 1 unspecified atom stereocenters. The molecule has 4 aromatic rings. The molecule has 3 nitrogen and oxygen atoms in total. The highest BCUT2D eigenvalue weighted by atomic mass is 35.5. The summed E-state index contributed by atoms with van der Waals surface area (Å²) in [5, 5.41) is 12.9. The fraction of sp³-hybridized carbons (Fsp3) is 0.130. The predicted molar refractivity (Wildman–Crippen MR) is 114 cm³/mol. The number of rotatable bonds is 4. The number of aryl methyl sites for hydroxylation is 1. The van der Waals surface area contributed by atoms with Gasteiger partial charge in [-0.15, -0.1) is 0 Å². The third kappa shape index (κ3) is 3.56. The summed E-state index contributed by atoms with van der Waals surface area (Å²) in [6.07, 6.45) is 4.05. The molecule has 28 heavy (non-hydrogen) atoms. The molecule has 5 heteroatoms. The molecule has 0 aliphatic heterocycles. The van der Waals surface area contributed by atoms with Crippen LogP contribution in [0.2, 0.25) is 10.0 Å². The van der Waals surface area contributed by atoms with E-state index in [0.717, 1.165) is 27.8 Å². The van der Waals surface area contributed by atoms with Gasteiger partial charge in [-0.05, 0) is 42.3 Å². The van der Waals surface area contributed by atoms with Crippen LogP contribution in [0.3, 0.4) is 0 Å². The van der Waals surface area contributed by atoms with Crippen LogP contribution in [-0.4, -0.2) is 15.1 Å². The van der Waals surface area contributed by atoms with Crippen LogP contribution in [-0.2, 0) is 6.42 Å². The standard InChI is InChI=1S/C23H18Cl2N2O/c1-14-9-11-26-16(12-14)13-19(17-5-2-6-20(24)21(17)25)18-8-7-15-4-3-10-27-22(15)23(18)28/h2-12,19,28H,13H2,1H3. The molecule has 2 aromatic carbocycles. The van der Waals surface area contributed by atoms with E-state index in [9.17, 15) is 5.11 Å². The minimum absolute atomic E-state index is 0.159. The molecule has 1 atom stereocenters. The van der Waals surface area contributed by atoms with Crippen LogP contribution in [0.15, 0.2) is 67.0 Å². The van der Waals surface area contributed by atoms with Crippen molar-refractivity contribution in [1.82, 2.24) is 9.97 Å². The van der Waals surface area contributed by atoms with E-state index in [1.807, 2.05) is 55.5 Å². The van der Waals surface area contributed by atoms with Gasteiger partial charge in [-0.1, -0.05) is 53.5 Å². The number of phenolic OH excluding ortho intramolecular Hbond substituents is 1. The van der Waals surface area contributed by atoms with Crippen molar-refractivity contribution in [2.45, 2.75) is 19.3 Å². The largest absolute Gasteiger partial charge is 0.505 e. The lowest BCUT2D eigenvalue weighted by Gasteiger charge is -2.21. The van der Waals surface area contributed by atoms with Gasteiger partial charge in [0.05, 0.1) is 10.0 Å². The Morgan fingerprint density at radius 2 is 1.79 bits per heavy atom. The van der Waals surface area contributed by atoms with E-state index in [0.29, 0.717) is 22.0 Å². The zero-order valence-electron chi connectivity index (χ0n) is 15.2. The molecule has 0 saturated carbocycles. The average Bonchev–Trinajstić information content (AvgIpc) is 2.69. The maximum absolute atomic E-state index is 11.0. The lowest BCUT2D eigenvalue weighted by Crippen LogP contribution is -2.08. The molecule has 0 aliphatic carbocycles. The summed E-state index contributed by atoms with van der Waals surface area (Å²) in [4.78, 5) is 8.86. The van der Waals surface area contributed by atoms with Gasteiger partial charge in [0, 0.05) is 41.4 Å². The number of aromatic nitrogens is 2. The van der Waals surface area contributed by atoms with Crippen LogP contribution in [0, 0.1) is 6.92 Å². The van der Waals surface area contributed by atoms with E-state index < -0.39 is 0 Å². The van der Waals surface area contributed by atoms with Crippen molar-refractivity contribution in [3.05, 3.63) is 99.4 Å². The highest BCUT2D eigenvalue weighted by molar-refractivity contribution is 6.42. The van der Waals surface area contributed by atoms with Crippen molar-refractivity contribution in [3.63, 3.8) is 0 Å². The Balaban J connectivity index is 1.90. The highest BCUT2D eigenvalue weighted by Crippen LogP contribution is 2.41. The quantitative estimate of drug-likeness (QED) is 0.429. The number of benzene rings is 2. The second-order valence-electron chi connectivity index (χ2n) is 6.80. The first-order valence-electron chi connectivity index (χ1n) is 8.96. The van der Waals surface area contributed by atoms with Gasteiger partial charge < -0.3 is 5.11 Å². The minimum atomic E-state index is -0.216. The fourth-order valence-corrected chi connectivity index (χ4v) is 3.96. The molecule has 4 rings (SSSR count). The Morgan fingerprint density at radius 1 is 0.929 bits per heavy atom. The van der Waals surface area contributed by atoms with Crippen LogP contribution in [0.25, 0.3) is 10.9 Å². The number of pyridine rings is 2. The minimum Gasteiger partial charge on any atom is -0.505 e. The van der Waals surface area contributed by atoms with Gasteiger partial charge in [0.2, 0.25) is 0 Å². The summed E-state index contributed by atoms with van der Waals surface area (Å²) >= 11 is 12.8. The third-order valence-electron chi connectivity index (χ3n) is 4.90. The second-order valence-corrected chi connectivity index (χ2v) is 7.59. The highest BCUT2D eigenvalue weighted by Gasteiger charge is 2.24. The van der Waals surface area contributed by atoms with Crippen molar-refractivity contribution in [1.29, 1.82) is 0 Å². The average molecular weight is 409 g/mol. The van der Waals surface area contributed by atoms with Gasteiger partial charge in [0.25, 0.3) is 0 Å². The van der Waals surface area contributed by atoms with E-state index in [4.69, 9.17) is 23.2 Å². The Morgan fingerprint density at radius 3 is 2.61 bits per heavy atom. The van der Waals surface area contributed by atoms with E-state index in [1.54, 1.807) is 18.5 Å². The first kappa shape index (κ1) is 18.7. The molecule has 0 fully saturated rings. The maximum atomic E-state index is 11.0. The van der Waals surface area contributed by atoms with Crippen molar-refractivity contribution in [2.75, 3.05) is 0 Å². The number of nitrogens with zero attached hydrogens (tertiary/aromatic N) is 2. The molecule has 0 radical (unpaired) electrons. The number of hydrogen-bond acceptors (Lipinski definition) is 3. The van der Waals surface area contributed by atoms with Crippen LogP contribution in [0.4, 0.5) is 0 Å². The van der Waals surface area contributed by atoms with Crippen molar-refractivity contribution in [2.24, 2.45) is 0 Å². The van der Waals surface area contributed by atoms with Gasteiger partial charge in [-0.2, -0.15) is 0 Å². The lowest BCUT2D eigenvalue weighted by molar-refractivity contribution is 0.469. The van der Waals surface area contributed by atoms with E-state index in [-0.39, 0.29) is 11.7 Å². The Bertz CT molecular complexity index is 1160. The molecular weight excluding hydrogens is 391 g/mol. The van der Waals surface area contributed by atoms with Crippen molar-refractivity contribution < 1.29 is 5.11 Å². The lowest BCUT2D eigenvalue weighted by atomic mass is 9.86. The summed E-state index contributed by atoms with van der Waals surface area (Å²) < 4.78 is 0. The van der Waals surface area contributed by atoms with Crippen LogP contribution in [0.5, 0.6) is 5.75 Å². The first-order valence-corrected chi connectivity index (χ1v) is 9.72. The third-order valence-corrected chi connectivity index (χ3v) is 5.73. The van der Waals surface area contributed by atoms with Gasteiger partial charge in [-0.3, -0.25) is 9.97 Å². The summed E-state index contributed by atoms with van der Waals surface area (Å²) in [5.74, 6) is -0.0568. The molecule has 2 aromatic heterocycles. The Kier molecular flexibility index (Phi) is 5.21. The topological polar surface area (TPSA) is 46.0 Å². The fourth-order valence-electron chi connectivity index (χ4n) is 3.52. The van der Waals surface area contributed by atoms with Crippen molar-refractivity contribution >= 4 is 34.1 Å². The molecule has 0 bridgehead atoms. The predicted octanol–water partition coefficient (Wildman–Crippen LogP) is 6.33. The zero-order chi connectivity index (χ0) is 19.7. The Labute approximate surface area is 173 Å². The van der Waals surface area contributed by atoms with Crippen LogP contribution in [0.1, 0.15) is 28.3 Å². The number of phenols is 1. The van der Waals surface area contributed by atoms with Crippen LogP contribution < -0.4 is 0 Å². The molecule has 140 valence electrons. The van der Waals surface area contributed by atoms with Crippen molar-refractivity contribution in [3.8, 4) is 5.75 Å². The molecule has 0 spiro atoms. The van der Waals surface area contributed by atoms with E-state index >= 15 is 0 Å². The SMILES string of the molecule is Cc1ccnc(CC(c2cccc(Cl)c2Cl)c2ccc3cccnc3c2O)c1. The summed E-state index contributed by atoms with van der Waals surface area (Å²) in [6, 6.07) is 17.2. The molecule has 1 N–H and O–H groups in total. The molecule has 0 amide bonds. The number of fused-ring (bicyclic) bond motifs is 1. The van der Waals surface area contributed by atoms with E-state index in [1.165, 1.54) is 0 Å². The second kappa shape index (κ2) is 7.78. The maximum Gasteiger partial charge on any atom is 0.145 e. The first-order chi connectivity index (χ1) is 13.5. The summed E-state index contributed by atoms with van der Waals surface area (Å²) in [7, 11) is 0. The zero-order valence-corrected chi connectivity index (χ0v) is 16.7. The normalized spacial score (nSPS) is 12.2. The number of halogens is 2.